The van der Waals surface area contributed by atoms with Crippen LogP contribution < -0.4 is 20.3 Å². The highest BCUT2D eigenvalue weighted by atomic mass is 35.5. The maximum atomic E-state index is 11.9. The molecule has 1 aromatic rings. The first-order valence-electron chi connectivity index (χ1n) is 7.63. The van der Waals surface area contributed by atoms with E-state index in [1.807, 2.05) is 0 Å². The number of hydrogen-bond acceptors (Lipinski definition) is 5. The van der Waals surface area contributed by atoms with E-state index in [0.717, 1.165) is 12.1 Å². The van der Waals surface area contributed by atoms with Gasteiger partial charge in [-0.15, -0.1) is 12.4 Å². The zero-order chi connectivity index (χ0) is 16.7. The summed E-state index contributed by atoms with van der Waals surface area (Å²) in [6.07, 6.45) is 1.42. The Balaban J connectivity index is 0.00000288. The van der Waals surface area contributed by atoms with E-state index < -0.39 is 0 Å². The monoisotopic (exact) mass is 357 g/mol. The van der Waals surface area contributed by atoms with Crippen LogP contribution in [0.5, 0.6) is 5.75 Å². The van der Waals surface area contributed by atoms with Crippen LogP contribution in [0.3, 0.4) is 0 Å². The highest BCUT2D eigenvalue weighted by Gasteiger charge is 2.24. The fourth-order valence-electron chi connectivity index (χ4n) is 2.46. The van der Waals surface area contributed by atoms with E-state index in [1.165, 1.54) is 0 Å². The lowest BCUT2D eigenvalue weighted by Gasteiger charge is -2.19. The van der Waals surface area contributed by atoms with Crippen molar-refractivity contribution in [2.45, 2.75) is 12.8 Å². The number of ether oxygens (including phenoxy) is 2. The van der Waals surface area contributed by atoms with Gasteiger partial charge in [0.15, 0.2) is 0 Å². The number of hydrogen-bond donors (Lipinski definition) is 2. The van der Waals surface area contributed by atoms with Gasteiger partial charge in [0.25, 0.3) is 0 Å². The zero-order valence-corrected chi connectivity index (χ0v) is 14.8. The average molecular weight is 358 g/mol. The van der Waals surface area contributed by atoms with Crippen molar-refractivity contribution in [2.75, 3.05) is 50.7 Å². The Labute approximate surface area is 148 Å². The smallest absolute Gasteiger partial charge is 0.238 e. The number of rotatable bonds is 8. The molecule has 0 aliphatic carbocycles. The molecule has 1 fully saturated rings. The first-order valence-corrected chi connectivity index (χ1v) is 7.63. The molecule has 2 amide bonds. The molecule has 0 aromatic heterocycles. The highest BCUT2D eigenvalue weighted by Crippen LogP contribution is 2.33. The van der Waals surface area contributed by atoms with Crippen molar-refractivity contribution in [3.05, 3.63) is 18.2 Å². The second-order valence-corrected chi connectivity index (χ2v) is 5.25. The van der Waals surface area contributed by atoms with Crippen molar-refractivity contribution in [1.29, 1.82) is 0 Å². The van der Waals surface area contributed by atoms with E-state index in [1.54, 1.807) is 37.3 Å². The first kappa shape index (κ1) is 20.2. The van der Waals surface area contributed by atoms with Crippen LogP contribution in [-0.4, -0.2) is 52.3 Å². The van der Waals surface area contributed by atoms with Gasteiger partial charge in [-0.25, -0.2) is 0 Å². The van der Waals surface area contributed by atoms with Crippen molar-refractivity contribution in [2.24, 2.45) is 0 Å². The Morgan fingerprint density at radius 3 is 2.75 bits per heavy atom. The Kier molecular flexibility index (Phi) is 8.53. The number of nitrogens with one attached hydrogen (secondary N) is 2. The van der Waals surface area contributed by atoms with Crippen LogP contribution in [0.25, 0.3) is 0 Å². The van der Waals surface area contributed by atoms with Gasteiger partial charge < -0.3 is 25.0 Å². The van der Waals surface area contributed by atoms with E-state index in [9.17, 15) is 9.59 Å². The molecule has 8 heteroatoms. The first-order chi connectivity index (χ1) is 11.2. The van der Waals surface area contributed by atoms with Crippen molar-refractivity contribution in [3.63, 3.8) is 0 Å². The molecule has 1 aliphatic rings. The minimum absolute atomic E-state index is 0. The third kappa shape index (κ3) is 5.36. The lowest BCUT2D eigenvalue weighted by molar-refractivity contribution is -0.117. The normalized spacial score (nSPS) is 13.6. The fourth-order valence-corrected chi connectivity index (χ4v) is 2.46. The summed E-state index contributed by atoms with van der Waals surface area (Å²) in [7, 11) is 3.16. The van der Waals surface area contributed by atoms with Gasteiger partial charge in [0.1, 0.15) is 5.75 Å². The fraction of sp³-hybridized carbons (Fsp3) is 0.500. The Morgan fingerprint density at radius 2 is 2.12 bits per heavy atom. The molecule has 1 heterocycles. The van der Waals surface area contributed by atoms with Crippen LogP contribution in [0.4, 0.5) is 11.4 Å². The van der Waals surface area contributed by atoms with Crippen LogP contribution in [0.1, 0.15) is 12.8 Å². The van der Waals surface area contributed by atoms with Crippen molar-refractivity contribution >= 4 is 35.6 Å². The SMILES string of the molecule is COCCNCC(=O)Nc1ccc(N2CCCC2=O)c(OC)c1.Cl. The molecule has 0 radical (unpaired) electrons. The van der Waals surface area contributed by atoms with E-state index in [4.69, 9.17) is 9.47 Å². The molecule has 1 aliphatic heterocycles. The second kappa shape index (κ2) is 10.1. The predicted molar refractivity (Wildman–Crippen MR) is 95.2 cm³/mol. The van der Waals surface area contributed by atoms with E-state index in [-0.39, 0.29) is 30.8 Å². The van der Waals surface area contributed by atoms with Gasteiger partial charge in [-0.05, 0) is 18.6 Å². The molecule has 0 bridgehead atoms. The Morgan fingerprint density at radius 1 is 1.33 bits per heavy atom. The van der Waals surface area contributed by atoms with Crippen LogP contribution >= 0.6 is 12.4 Å². The maximum Gasteiger partial charge on any atom is 0.238 e. The lowest BCUT2D eigenvalue weighted by atomic mass is 10.2. The summed E-state index contributed by atoms with van der Waals surface area (Å²) in [6.45, 7) is 2.07. The number of anilines is 2. The third-order valence-corrected chi connectivity index (χ3v) is 3.60. The molecule has 0 spiro atoms. The van der Waals surface area contributed by atoms with Gasteiger partial charge >= 0.3 is 0 Å². The molecule has 1 saturated heterocycles. The molecule has 0 unspecified atom stereocenters. The number of nitrogens with zero attached hydrogens (tertiary/aromatic N) is 1. The van der Waals surface area contributed by atoms with Gasteiger partial charge in [-0.2, -0.15) is 0 Å². The second-order valence-electron chi connectivity index (χ2n) is 5.25. The maximum absolute atomic E-state index is 11.9. The topological polar surface area (TPSA) is 79.9 Å². The standard InChI is InChI=1S/C16H23N3O4.ClH/c1-22-9-7-17-11-15(20)18-12-5-6-13(14(10-12)23-2)19-8-3-4-16(19)21;/h5-6,10,17H,3-4,7-9,11H2,1-2H3,(H,18,20);1H. The number of benzene rings is 1. The molecule has 0 saturated carbocycles. The molecule has 1 aromatic carbocycles. The summed E-state index contributed by atoms with van der Waals surface area (Å²) in [5, 5.41) is 5.77. The van der Waals surface area contributed by atoms with Crippen molar-refractivity contribution in [3.8, 4) is 5.75 Å². The van der Waals surface area contributed by atoms with Crippen LogP contribution in [0.2, 0.25) is 0 Å². The van der Waals surface area contributed by atoms with Gasteiger partial charge in [0, 0.05) is 38.4 Å². The number of carbonyl (C=O) groups excluding carboxylic acids is 2. The van der Waals surface area contributed by atoms with Gasteiger partial charge in [-0.1, -0.05) is 0 Å². The average Bonchev–Trinajstić information content (AvgIpc) is 2.97. The van der Waals surface area contributed by atoms with Gasteiger partial charge in [0.05, 0.1) is 25.9 Å². The molecule has 24 heavy (non-hydrogen) atoms. The molecule has 134 valence electrons. The minimum Gasteiger partial charge on any atom is -0.494 e. The molecule has 2 N–H and O–H groups in total. The molecular formula is C16H24ClN3O4. The molecule has 0 atom stereocenters. The number of halogens is 1. The predicted octanol–water partition coefficient (Wildman–Crippen LogP) is 1.42. The van der Waals surface area contributed by atoms with Crippen LogP contribution in [0, 0.1) is 0 Å². The minimum atomic E-state index is -0.145. The summed E-state index contributed by atoms with van der Waals surface area (Å²) in [5.74, 6) is 0.529. The molecule has 7 nitrogen and oxygen atoms in total. The van der Waals surface area contributed by atoms with E-state index in [0.29, 0.717) is 37.6 Å². The van der Waals surface area contributed by atoms with Crippen molar-refractivity contribution in [1.82, 2.24) is 5.32 Å². The van der Waals surface area contributed by atoms with E-state index in [2.05, 4.69) is 10.6 Å². The van der Waals surface area contributed by atoms with Crippen LogP contribution in [0.15, 0.2) is 18.2 Å². The number of methoxy groups -OCH3 is 2. The summed E-state index contributed by atoms with van der Waals surface area (Å²) < 4.78 is 10.3. The van der Waals surface area contributed by atoms with Crippen molar-refractivity contribution < 1.29 is 19.1 Å². The van der Waals surface area contributed by atoms with Crippen LogP contribution in [-0.2, 0) is 14.3 Å². The highest BCUT2D eigenvalue weighted by molar-refractivity contribution is 5.98. The summed E-state index contributed by atoms with van der Waals surface area (Å²) >= 11 is 0. The Hall–Kier alpha value is -1.83. The number of carbonyl (C=O) groups is 2. The summed E-state index contributed by atoms with van der Waals surface area (Å²) in [6, 6.07) is 5.31. The van der Waals surface area contributed by atoms with Gasteiger partial charge in [0.2, 0.25) is 11.8 Å². The lowest BCUT2D eigenvalue weighted by Crippen LogP contribution is -2.30. The molecule has 2 rings (SSSR count). The van der Waals surface area contributed by atoms with Gasteiger partial charge in [-0.3, -0.25) is 9.59 Å². The summed E-state index contributed by atoms with van der Waals surface area (Å²) in [4.78, 5) is 25.4. The summed E-state index contributed by atoms with van der Waals surface area (Å²) in [5.41, 5.74) is 1.38. The zero-order valence-electron chi connectivity index (χ0n) is 14.0. The van der Waals surface area contributed by atoms with E-state index >= 15 is 0 Å². The Bertz CT molecular complexity index is 568. The number of amides is 2. The quantitative estimate of drug-likeness (QED) is 0.688. The molecular weight excluding hydrogens is 334 g/mol. The largest absolute Gasteiger partial charge is 0.494 e. The third-order valence-electron chi connectivity index (χ3n) is 3.60.